The molecular weight excluding hydrogens is 384 g/mol. The van der Waals surface area contributed by atoms with Gasteiger partial charge >= 0.3 is 5.97 Å². The zero-order chi connectivity index (χ0) is 21.2. The van der Waals surface area contributed by atoms with Gasteiger partial charge in [0.2, 0.25) is 6.29 Å². The SMILES string of the molecule is C=C(C)C(=O)O[C@H]1[C@@H](O[C@H]2O[C@H](CO)[C@@H](O)[C@H](O)[C@H]2O)O[C@H](CO)[C@@H](O)[C@@H]1O. The molecule has 2 saturated heterocycles. The molecule has 0 bridgehead atoms. The van der Waals surface area contributed by atoms with E-state index in [1.165, 1.54) is 6.92 Å². The Morgan fingerprint density at radius 3 is 1.86 bits per heavy atom. The van der Waals surface area contributed by atoms with E-state index in [9.17, 15) is 40.5 Å². The van der Waals surface area contributed by atoms with Gasteiger partial charge in [-0.25, -0.2) is 4.79 Å². The smallest absolute Gasteiger partial charge is 0.333 e. The first-order valence-electron chi connectivity index (χ1n) is 8.57. The second kappa shape index (κ2) is 9.54. The third-order valence-corrected chi connectivity index (χ3v) is 4.53. The molecule has 0 aromatic carbocycles. The molecule has 0 spiro atoms. The molecule has 2 aliphatic heterocycles. The topological polar surface area (TPSA) is 196 Å². The fraction of sp³-hybridized carbons (Fsp3) is 0.812. The van der Waals surface area contributed by atoms with Crippen LogP contribution in [0.2, 0.25) is 0 Å². The lowest BCUT2D eigenvalue weighted by Gasteiger charge is -2.45. The summed E-state index contributed by atoms with van der Waals surface area (Å²) in [4.78, 5) is 11.8. The zero-order valence-corrected chi connectivity index (χ0v) is 15.1. The van der Waals surface area contributed by atoms with Gasteiger partial charge < -0.3 is 54.7 Å². The van der Waals surface area contributed by atoms with Gasteiger partial charge in [0.05, 0.1) is 13.2 Å². The lowest BCUT2D eigenvalue weighted by Crippen LogP contribution is -2.64. The zero-order valence-electron chi connectivity index (χ0n) is 15.1. The minimum Gasteiger partial charge on any atom is -0.451 e. The summed E-state index contributed by atoms with van der Waals surface area (Å²) >= 11 is 0. The number of rotatable bonds is 6. The molecule has 162 valence electrons. The quantitative estimate of drug-likeness (QED) is 0.165. The van der Waals surface area contributed by atoms with Crippen molar-refractivity contribution in [2.75, 3.05) is 13.2 Å². The van der Waals surface area contributed by atoms with Crippen molar-refractivity contribution in [2.24, 2.45) is 0 Å². The molecule has 7 N–H and O–H groups in total. The molecule has 2 fully saturated rings. The Morgan fingerprint density at radius 2 is 1.36 bits per heavy atom. The number of esters is 1. The second-order valence-corrected chi connectivity index (χ2v) is 6.69. The van der Waals surface area contributed by atoms with Crippen molar-refractivity contribution >= 4 is 5.97 Å². The summed E-state index contributed by atoms with van der Waals surface area (Å²) in [5, 5.41) is 68.5. The first-order chi connectivity index (χ1) is 13.1. The van der Waals surface area contributed by atoms with Crippen LogP contribution in [0.5, 0.6) is 0 Å². The first kappa shape index (κ1) is 23.1. The monoisotopic (exact) mass is 410 g/mol. The number of aliphatic hydroxyl groups is 7. The van der Waals surface area contributed by atoms with Gasteiger partial charge in [0, 0.05) is 5.57 Å². The summed E-state index contributed by atoms with van der Waals surface area (Å²) < 4.78 is 20.9. The van der Waals surface area contributed by atoms with E-state index in [4.69, 9.17) is 18.9 Å². The third kappa shape index (κ3) is 4.68. The highest BCUT2D eigenvalue weighted by Crippen LogP contribution is 2.29. The van der Waals surface area contributed by atoms with Crippen LogP contribution < -0.4 is 0 Å². The summed E-state index contributed by atoms with van der Waals surface area (Å²) in [6, 6.07) is 0. The maximum Gasteiger partial charge on any atom is 0.333 e. The molecule has 0 saturated carbocycles. The van der Waals surface area contributed by atoms with Gasteiger partial charge in [-0.15, -0.1) is 0 Å². The molecule has 12 nitrogen and oxygen atoms in total. The predicted octanol–water partition coefficient (Wildman–Crippen LogP) is -4.27. The molecule has 2 aliphatic rings. The first-order valence-corrected chi connectivity index (χ1v) is 8.57. The van der Waals surface area contributed by atoms with E-state index in [2.05, 4.69) is 6.58 Å². The molecule has 0 radical (unpaired) electrons. The average Bonchev–Trinajstić information content (AvgIpc) is 2.67. The van der Waals surface area contributed by atoms with Crippen LogP contribution in [0.4, 0.5) is 0 Å². The Morgan fingerprint density at radius 1 is 0.857 bits per heavy atom. The molecule has 0 unspecified atom stereocenters. The molecule has 0 amide bonds. The van der Waals surface area contributed by atoms with E-state index in [1.807, 2.05) is 0 Å². The molecule has 2 rings (SSSR count). The van der Waals surface area contributed by atoms with Crippen LogP contribution in [0.1, 0.15) is 6.92 Å². The molecular formula is C16H26O12. The van der Waals surface area contributed by atoms with Crippen LogP contribution in [0, 0.1) is 0 Å². The Kier molecular flexibility index (Phi) is 7.87. The van der Waals surface area contributed by atoms with Crippen molar-refractivity contribution in [3.05, 3.63) is 12.2 Å². The summed E-state index contributed by atoms with van der Waals surface area (Å²) in [6.07, 6.45) is -16.0. The maximum atomic E-state index is 11.8. The average molecular weight is 410 g/mol. The largest absolute Gasteiger partial charge is 0.451 e. The minimum atomic E-state index is -1.78. The third-order valence-electron chi connectivity index (χ3n) is 4.53. The molecule has 10 atom stereocenters. The van der Waals surface area contributed by atoms with Crippen molar-refractivity contribution in [3.8, 4) is 0 Å². The maximum absolute atomic E-state index is 11.8. The Balaban J connectivity index is 2.22. The predicted molar refractivity (Wildman–Crippen MR) is 87.3 cm³/mol. The highest BCUT2D eigenvalue weighted by atomic mass is 16.8. The van der Waals surface area contributed by atoms with Gasteiger partial charge in [-0.1, -0.05) is 6.58 Å². The van der Waals surface area contributed by atoms with Crippen LogP contribution in [-0.4, -0.2) is 116 Å². The summed E-state index contributed by atoms with van der Waals surface area (Å²) in [6.45, 7) is 3.32. The number of carbonyl (C=O) groups excluding carboxylic acids is 1. The highest BCUT2D eigenvalue weighted by molar-refractivity contribution is 5.87. The molecule has 0 aromatic heterocycles. The number of aliphatic hydroxyl groups excluding tert-OH is 7. The van der Waals surface area contributed by atoms with Crippen LogP contribution in [0.15, 0.2) is 12.2 Å². The molecule has 0 aromatic rings. The molecule has 0 aliphatic carbocycles. The van der Waals surface area contributed by atoms with Gasteiger partial charge in [0.25, 0.3) is 0 Å². The standard InChI is InChI=1S/C16H26O12/c1-5(2)14(24)27-13-11(22)9(20)7(4-18)26-16(13)28-15-12(23)10(21)8(19)6(3-17)25-15/h6-13,15-23H,1,3-4H2,2H3/t6-,7-,8-,9-,10+,11+,12-,13-,15-,16-/m1/s1. The number of ether oxygens (including phenoxy) is 4. The van der Waals surface area contributed by atoms with Crippen LogP contribution in [0.25, 0.3) is 0 Å². The Bertz CT molecular complexity index is 554. The lowest BCUT2D eigenvalue weighted by molar-refractivity contribution is -0.376. The van der Waals surface area contributed by atoms with Gasteiger partial charge in [0.1, 0.15) is 42.7 Å². The van der Waals surface area contributed by atoms with Gasteiger partial charge in [0.15, 0.2) is 12.4 Å². The van der Waals surface area contributed by atoms with Crippen molar-refractivity contribution in [1.29, 1.82) is 0 Å². The van der Waals surface area contributed by atoms with E-state index < -0.39 is 80.6 Å². The Hall–Kier alpha value is -1.19. The minimum absolute atomic E-state index is 0.0161. The van der Waals surface area contributed by atoms with Gasteiger partial charge in [-0.05, 0) is 6.92 Å². The summed E-state index contributed by atoms with van der Waals surface area (Å²) in [7, 11) is 0. The molecule has 28 heavy (non-hydrogen) atoms. The Labute approximate surface area is 160 Å². The lowest BCUT2D eigenvalue weighted by atomic mass is 9.98. The number of hydrogen-bond acceptors (Lipinski definition) is 12. The van der Waals surface area contributed by atoms with Crippen molar-refractivity contribution in [3.63, 3.8) is 0 Å². The second-order valence-electron chi connectivity index (χ2n) is 6.69. The van der Waals surface area contributed by atoms with Crippen molar-refractivity contribution in [1.82, 2.24) is 0 Å². The van der Waals surface area contributed by atoms with E-state index >= 15 is 0 Å². The highest BCUT2D eigenvalue weighted by Gasteiger charge is 2.51. The van der Waals surface area contributed by atoms with E-state index in [-0.39, 0.29) is 5.57 Å². The van der Waals surface area contributed by atoms with E-state index in [1.54, 1.807) is 0 Å². The fourth-order valence-corrected chi connectivity index (χ4v) is 2.83. The van der Waals surface area contributed by atoms with Crippen molar-refractivity contribution < 1.29 is 59.5 Å². The normalized spacial score (nSPS) is 44.1. The van der Waals surface area contributed by atoms with Gasteiger partial charge in [-0.2, -0.15) is 0 Å². The molecule has 12 heteroatoms. The van der Waals surface area contributed by atoms with E-state index in [0.29, 0.717) is 0 Å². The fourth-order valence-electron chi connectivity index (χ4n) is 2.83. The van der Waals surface area contributed by atoms with E-state index in [0.717, 1.165) is 0 Å². The summed E-state index contributed by atoms with van der Waals surface area (Å²) in [5.74, 6) is -0.926. The number of hydrogen-bond donors (Lipinski definition) is 7. The number of carbonyl (C=O) groups is 1. The van der Waals surface area contributed by atoms with Crippen molar-refractivity contribution in [2.45, 2.75) is 68.3 Å². The summed E-state index contributed by atoms with van der Waals surface area (Å²) in [5.41, 5.74) is -0.0161. The van der Waals surface area contributed by atoms with Crippen LogP contribution in [0.3, 0.4) is 0 Å². The van der Waals surface area contributed by atoms with Gasteiger partial charge in [-0.3, -0.25) is 0 Å². The molecule has 2 heterocycles. The van der Waals surface area contributed by atoms with Crippen LogP contribution in [-0.2, 0) is 23.7 Å². The van der Waals surface area contributed by atoms with Crippen LogP contribution >= 0.6 is 0 Å².